The van der Waals surface area contributed by atoms with Gasteiger partial charge in [-0.25, -0.2) is 0 Å². The molecule has 1 saturated heterocycles. The van der Waals surface area contributed by atoms with Crippen LogP contribution >= 0.6 is 0 Å². The highest BCUT2D eigenvalue weighted by Crippen LogP contribution is 2.23. The van der Waals surface area contributed by atoms with Crippen LogP contribution in [0.1, 0.15) is 12.8 Å². The average molecular weight is 337 g/mol. The van der Waals surface area contributed by atoms with Crippen LogP contribution in [0, 0.1) is 10.1 Å². The Morgan fingerprint density at radius 3 is 2.88 bits per heavy atom. The van der Waals surface area contributed by atoms with E-state index in [-0.39, 0.29) is 37.5 Å². The molecule has 1 fully saturated rings. The predicted molar refractivity (Wildman–Crippen MR) is 84.8 cm³/mol. The first-order chi connectivity index (χ1) is 11.5. The number of para-hydroxylation sites is 2. The molecule has 24 heavy (non-hydrogen) atoms. The number of morpholine rings is 1. The number of nitrogens with zero attached hydrogens (tertiary/aromatic N) is 2. The van der Waals surface area contributed by atoms with Crippen molar-refractivity contribution < 1.29 is 24.4 Å². The highest BCUT2D eigenvalue weighted by Gasteiger charge is 2.25. The minimum Gasteiger partial charge on any atom is -0.481 e. The van der Waals surface area contributed by atoms with Crippen LogP contribution in [0.3, 0.4) is 0 Å². The smallest absolute Gasteiger partial charge is 0.306 e. The Kier molecular flexibility index (Phi) is 6.07. The number of hydrogen-bond donors (Lipinski definition) is 2. The molecule has 1 unspecified atom stereocenters. The van der Waals surface area contributed by atoms with Crippen molar-refractivity contribution in [2.24, 2.45) is 0 Å². The Hall–Kier alpha value is -2.68. The van der Waals surface area contributed by atoms with E-state index in [0.717, 1.165) is 0 Å². The summed E-state index contributed by atoms with van der Waals surface area (Å²) in [4.78, 5) is 34.9. The van der Waals surface area contributed by atoms with Gasteiger partial charge in [0.2, 0.25) is 5.91 Å². The molecular formula is C15H19N3O6. The van der Waals surface area contributed by atoms with Gasteiger partial charge >= 0.3 is 5.97 Å². The van der Waals surface area contributed by atoms with Gasteiger partial charge in [-0.2, -0.15) is 0 Å². The number of nitro groups is 1. The summed E-state index contributed by atoms with van der Waals surface area (Å²) < 4.78 is 5.32. The van der Waals surface area contributed by atoms with Crippen LogP contribution in [0.15, 0.2) is 24.3 Å². The topological polar surface area (TPSA) is 122 Å². The van der Waals surface area contributed by atoms with Crippen molar-refractivity contribution in [2.75, 3.05) is 31.6 Å². The number of rotatable bonds is 7. The van der Waals surface area contributed by atoms with Gasteiger partial charge in [-0.3, -0.25) is 19.7 Å². The zero-order chi connectivity index (χ0) is 17.5. The van der Waals surface area contributed by atoms with Crippen LogP contribution < -0.4 is 5.32 Å². The van der Waals surface area contributed by atoms with E-state index >= 15 is 0 Å². The summed E-state index contributed by atoms with van der Waals surface area (Å²) in [5, 5.41) is 22.6. The van der Waals surface area contributed by atoms with Gasteiger partial charge in [0.15, 0.2) is 0 Å². The Bertz CT molecular complexity index is 621. The molecule has 0 spiro atoms. The Labute approximate surface area is 138 Å². The lowest BCUT2D eigenvalue weighted by molar-refractivity contribution is -0.384. The molecule has 0 radical (unpaired) electrons. The van der Waals surface area contributed by atoms with E-state index in [1.165, 1.54) is 6.07 Å². The molecule has 1 atom stereocenters. The third-order valence-electron chi connectivity index (χ3n) is 3.65. The minimum absolute atomic E-state index is 0.0437. The molecule has 1 aliphatic rings. The molecule has 1 aromatic carbocycles. The summed E-state index contributed by atoms with van der Waals surface area (Å²) in [5.41, 5.74) is 0.318. The van der Waals surface area contributed by atoms with Crippen molar-refractivity contribution >= 4 is 23.3 Å². The molecule has 0 aliphatic carbocycles. The van der Waals surface area contributed by atoms with Crippen molar-refractivity contribution in [3.63, 3.8) is 0 Å². The number of nitro benzene ring substituents is 1. The van der Waals surface area contributed by atoms with E-state index in [1.807, 2.05) is 0 Å². The average Bonchev–Trinajstić information content (AvgIpc) is 2.54. The van der Waals surface area contributed by atoms with Crippen LogP contribution in [0.2, 0.25) is 0 Å². The second kappa shape index (κ2) is 8.25. The van der Waals surface area contributed by atoms with Crippen molar-refractivity contribution in [1.82, 2.24) is 4.90 Å². The van der Waals surface area contributed by atoms with Crippen LogP contribution in [0.5, 0.6) is 0 Å². The monoisotopic (exact) mass is 337 g/mol. The standard InChI is InChI=1S/C15H19N3O6/c19-14(17-7-8-24-11(10-17)9-15(20)21)5-6-16-12-3-1-2-4-13(12)18(22)23/h1-4,11,16H,5-10H2,(H,20,21). The van der Waals surface area contributed by atoms with Gasteiger partial charge in [-0.15, -0.1) is 0 Å². The molecular weight excluding hydrogens is 318 g/mol. The van der Waals surface area contributed by atoms with Crippen molar-refractivity contribution in [2.45, 2.75) is 18.9 Å². The lowest BCUT2D eigenvalue weighted by atomic mass is 10.2. The van der Waals surface area contributed by atoms with Crippen LogP contribution in [0.4, 0.5) is 11.4 Å². The van der Waals surface area contributed by atoms with E-state index in [9.17, 15) is 19.7 Å². The van der Waals surface area contributed by atoms with Crippen LogP contribution in [0.25, 0.3) is 0 Å². The van der Waals surface area contributed by atoms with E-state index < -0.39 is 17.0 Å². The van der Waals surface area contributed by atoms with Gasteiger partial charge in [-0.05, 0) is 6.07 Å². The number of hydrogen-bond acceptors (Lipinski definition) is 6. The minimum atomic E-state index is -0.965. The second-order valence-electron chi connectivity index (χ2n) is 5.38. The number of anilines is 1. The molecule has 1 aromatic rings. The maximum absolute atomic E-state index is 12.2. The summed E-state index contributed by atoms with van der Waals surface area (Å²) in [6.07, 6.45) is -0.479. The zero-order valence-corrected chi connectivity index (χ0v) is 13.0. The van der Waals surface area contributed by atoms with Crippen LogP contribution in [-0.4, -0.2) is 59.2 Å². The fraction of sp³-hybridized carbons (Fsp3) is 0.467. The number of carbonyl (C=O) groups excluding carboxylic acids is 1. The predicted octanol–water partition coefficient (Wildman–Crippen LogP) is 1.10. The first-order valence-corrected chi connectivity index (χ1v) is 7.56. The van der Waals surface area contributed by atoms with E-state index in [1.54, 1.807) is 23.1 Å². The second-order valence-corrected chi connectivity index (χ2v) is 5.38. The van der Waals surface area contributed by atoms with Gasteiger partial charge in [-0.1, -0.05) is 12.1 Å². The van der Waals surface area contributed by atoms with E-state index in [0.29, 0.717) is 18.8 Å². The third kappa shape index (κ3) is 4.92. The van der Waals surface area contributed by atoms with Gasteiger partial charge in [0.1, 0.15) is 5.69 Å². The zero-order valence-electron chi connectivity index (χ0n) is 13.0. The fourth-order valence-electron chi connectivity index (χ4n) is 2.51. The number of carbonyl (C=O) groups is 2. The van der Waals surface area contributed by atoms with Crippen molar-refractivity contribution in [1.29, 1.82) is 0 Å². The first-order valence-electron chi connectivity index (χ1n) is 7.56. The normalized spacial score (nSPS) is 17.3. The largest absolute Gasteiger partial charge is 0.481 e. The van der Waals surface area contributed by atoms with E-state index in [2.05, 4.69) is 5.32 Å². The molecule has 1 aliphatic heterocycles. The Morgan fingerprint density at radius 2 is 2.17 bits per heavy atom. The van der Waals surface area contributed by atoms with Gasteiger partial charge in [0.25, 0.3) is 5.69 Å². The molecule has 0 aromatic heterocycles. The summed E-state index contributed by atoms with van der Waals surface area (Å²) in [7, 11) is 0. The number of carboxylic acids is 1. The van der Waals surface area contributed by atoms with Gasteiger partial charge in [0, 0.05) is 32.1 Å². The number of aliphatic carboxylic acids is 1. The number of benzene rings is 1. The lowest BCUT2D eigenvalue weighted by Crippen LogP contribution is -2.46. The Balaban J connectivity index is 1.83. The first kappa shape index (κ1) is 17.7. The number of amides is 1. The molecule has 2 rings (SSSR count). The third-order valence-corrected chi connectivity index (χ3v) is 3.65. The quantitative estimate of drug-likeness (QED) is 0.564. The van der Waals surface area contributed by atoms with Crippen molar-refractivity contribution in [3.8, 4) is 0 Å². The fourth-order valence-corrected chi connectivity index (χ4v) is 2.51. The lowest BCUT2D eigenvalue weighted by Gasteiger charge is -2.32. The number of carboxylic acid groups (broad SMARTS) is 1. The van der Waals surface area contributed by atoms with Crippen LogP contribution in [-0.2, 0) is 14.3 Å². The molecule has 1 amide bonds. The summed E-state index contributed by atoms with van der Waals surface area (Å²) in [5.74, 6) is -1.10. The molecule has 9 heteroatoms. The molecule has 2 N–H and O–H groups in total. The van der Waals surface area contributed by atoms with Gasteiger partial charge < -0.3 is 20.1 Å². The Morgan fingerprint density at radius 1 is 1.42 bits per heavy atom. The van der Waals surface area contributed by atoms with Gasteiger partial charge in [0.05, 0.1) is 24.1 Å². The highest BCUT2D eigenvalue weighted by atomic mass is 16.6. The maximum Gasteiger partial charge on any atom is 0.306 e. The number of ether oxygens (including phenoxy) is 1. The SMILES string of the molecule is O=C(O)CC1CN(C(=O)CCNc2ccccc2[N+](=O)[O-])CCO1. The highest BCUT2D eigenvalue weighted by molar-refractivity contribution is 5.77. The summed E-state index contributed by atoms with van der Waals surface area (Å²) in [6, 6.07) is 6.23. The number of nitrogens with one attached hydrogen (secondary N) is 1. The summed E-state index contributed by atoms with van der Waals surface area (Å²) >= 11 is 0. The molecule has 130 valence electrons. The molecule has 0 saturated carbocycles. The summed E-state index contributed by atoms with van der Waals surface area (Å²) in [6.45, 7) is 1.23. The molecule has 9 nitrogen and oxygen atoms in total. The van der Waals surface area contributed by atoms with Crippen molar-refractivity contribution in [3.05, 3.63) is 34.4 Å². The van der Waals surface area contributed by atoms with E-state index in [4.69, 9.17) is 9.84 Å². The molecule has 0 bridgehead atoms. The molecule has 1 heterocycles. The maximum atomic E-state index is 12.2.